The van der Waals surface area contributed by atoms with E-state index >= 15 is 0 Å². The second kappa shape index (κ2) is 9.09. The minimum atomic E-state index is -4.66. The van der Waals surface area contributed by atoms with Crippen molar-refractivity contribution in [1.82, 2.24) is 4.90 Å². The number of rotatable bonds is 4. The number of carbonyl (C=O) groups is 2. The zero-order valence-electron chi connectivity index (χ0n) is 17.7. The Balaban J connectivity index is 1.91. The van der Waals surface area contributed by atoms with Crippen LogP contribution in [0.4, 0.5) is 18.9 Å². The van der Waals surface area contributed by atoms with Crippen molar-refractivity contribution in [3.05, 3.63) is 64.2 Å². The number of anilines is 1. The minimum Gasteiger partial charge on any atom is -0.381 e. The van der Waals surface area contributed by atoms with Gasteiger partial charge in [-0.1, -0.05) is 17.2 Å². The van der Waals surface area contributed by atoms with Crippen molar-refractivity contribution in [2.24, 2.45) is 0 Å². The van der Waals surface area contributed by atoms with Crippen LogP contribution in [0.25, 0.3) is 0 Å². The number of hydrogen-bond donors (Lipinski definition) is 1. The first-order valence-corrected chi connectivity index (χ1v) is 10.0. The first-order valence-electron chi connectivity index (χ1n) is 10.0. The molecule has 31 heavy (non-hydrogen) atoms. The molecule has 0 unspecified atom stereocenters. The zero-order chi connectivity index (χ0) is 22.8. The van der Waals surface area contributed by atoms with Gasteiger partial charge in [0.05, 0.1) is 5.56 Å². The lowest BCUT2D eigenvalue weighted by Gasteiger charge is -2.31. The summed E-state index contributed by atoms with van der Waals surface area (Å²) in [6, 6.07) is 8.04. The van der Waals surface area contributed by atoms with Gasteiger partial charge in [0.1, 0.15) is 0 Å². The van der Waals surface area contributed by atoms with Crippen LogP contribution in [0, 0.1) is 13.8 Å². The van der Waals surface area contributed by atoms with Crippen LogP contribution in [0.15, 0.2) is 36.4 Å². The molecular weight excluding hydrogens is 409 g/mol. The lowest BCUT2D eigenvalue weighted by molar-refractivity contribution is -0.137. The number of halogens is 3. The lowest BCUT2D eigenvalue weighted by atomic mass is 10.0. The number of ether oxygens (including phenoxy) is 1. The summed E-state index contributed by atoms with van der Waals surface area (Å²) in [6.07, 6.45) is -3.41. The van der Waals surface area contributed by atoms with E-state index < -0.39 is 23.6 Å². The third-order valence-corrected chi connectivity index (χ3v) is 5.31. The average molecular weight is 434 g/mol. The zero-order valence-corrected chi connectivity index (χ0v) is 17.7. The monoisotopic (exact) mass is 434 g/mol. The van der Waals surface area contributed by atoms with Crippen molar-refractivity contribution in [3.8, 4) is 0 Å². The molecular formula is C23H25F3N2O3. The fourth-order valence-corrected chi connectivity index (χ4v) is 3.74. The molecule has 8 heteroatoms. The minimum absolute atomic E-state index is 0.0808. The van der Waals surface area contributed by atoms with Crippen LogP contribution in [-0.2, 0) is 10.9 Å². The summed E-state index contributed by atoms with van der Waals surface area (Å²) in [6.45, 7) is 4.66. The Labute approximate surface area is 179 Å². The van der Waals surface area contributed by atoms with Crippen molar-refractivity contribution in [1.29, 1.82) is 0 Å². The SMILES string of the molecule is Cc1cc(C)cc(C(=O)Nc2cc(C(=O)N(C)C3CCOCC3)cc(C(F)(F)F)c2)c1. The van der Waals surface area contributed by atoms with E-state index in [1.807, 2.05) is 19.9 Å². The van der Waals surface area contributed by atoms with Crippen molar-refractivity contribution in [3.63, 3.8) is 0 Å². The molecule has 0 aliphatic carbocycles. The van der Waals surface area contributed by atoms with Crippen molar-refractivity contribution in [2.45, 2.75) is 38.9 Å². The molecule has 0 radical (unpaired) electrons. The number of nitrogens with zero attached hydrogens (tertiary/aromatic N) is 1. The van der Waals surface area contributed by atoms with E-state index in [9.17, 15) is 22.8 Å². The smallest absolute Gasteiger partial charge is 0.381 e. The number of nitrogens with one attached hydrogen (secondary N) is 1. The Morgan fingerprint density at radius 1 is 0.968 bits per heavy atom. The molecule has 5 nitrogen and oxygen atoms in total. The molecule has 1 heterocycles. The van der Waals surface area contributed by atoms with E-state index in [0.717, 1.165) is 23.3 Å². The van der Waals surface area contributed by atoms with E-state index in [2.05, 4.69) is 5.32 Å². The topological polar surface area (TPSA) is 58.6 Å². The molecule has 2 amide bonds. The first kappa shape index (κ1) is 22.8. The first-order chi connectivity index (χ1) is 14.5. The third kappa shape index (κ3) is 5.64. The lowest BCUT2D eigenvalue weighted by Crippen LogP contribution is -2.40. The van der Waals surface area contributed by atoms with Gasteiger partial charge in [0, 0.05) is 43.1 Å². The quantitative estimate of drug-likeness (QED) is 0.750. The van der Waals surface area contributed by atoms with Crippen LogP contribution in [0.2, 0.25) is 0 Å². The predicted octanol–water partition coefficient (Wildman–Crippen LogP) is 4.83. The van der Waals surface area contributed by atoms with E-state index in [1.165, 1.54) is 11.0 Å². The molecule has 1 saturated heterocycles. The molecule has 0 saturated carbocycles. The highest BCUT2D eigenvalue weighted by Crippen LogP contribution is 2.33. The Morgan fingerprint density at radius 3 is 2.16 bits per heavy atom. The van der Waals surface area contributed by atoms with Gasteiger partial charge in [-0.05, 0) is 57.0 Å². The third-order valence-electron chi connectivity index (χ3n) is 5.31. The molecule has 1 fully saturated rings. The molecule has 3 rings (SSSR count). The fourth-order valence-electron chi connectivity index (χ4n) is 3.74. The maximum absolute atomic E-state index is 13.5. The molecule has 0 bridgehead atoms. The molecule has 2 aromatic rings. The summed E-state index contributed by atoms with van der Waals surface area (Å²) in [5.41, 5.74) is 0.866. The van der Waals surface area contributed by atoms with Gasteiger partial charge in [0.15, 0.2) is 0 Å². The van der Waals surface area contributed by atoms with Gasteiger partial charge in [0.25, 0.3) is 11.8 Å². The van der Waals surface area contributed by atoms with Crippen molar-refractivity contribution in [2.75, 3.05) is 25.6 Å². The number of amides is 2. The van der Waals surface area contributed by atoms with Crippen LogP contribution in [0.1, 0.15) is 50.2 Å². The maximum atomic E-state index is 13.5. The highest BCUT2D eigenvalue weighted by molar-refractivity contribution is 6.05. The standard InChI is InChI=1S/C23H25F3N2O3/c1-14-8-15(2)10-16(9-14)21(29)27-19-12-17(11-18(13-19)23(24,25)26)22(30)28(3)20-4-6-31-7-5-20/h8-13,20H,4-7H2,1-3H3,(H,27,29). The molecule has 1 N–H and O–H groups in total. The van der Waals surface area contributed by atoms with Gasteiger partial charge >= 0.3 is 6.18 Å². The molecule has 1 aliphatic rings. The average Bonchev–Trinajstić information content (AvgIpc) is 2.71. The van der Waals surface area contributed by atoms with E-state index in [0.29, 0.717) is 31.6 Å². The van der Waals surface area contributed by atoms with E-state index in [4.69, 9.17) is 4.74 Å². The van der Waals surface area contributed by atoms with Crippen LogP contribution in [-0.4, -0.2) is 43.0 Å². The fraction of sp³-hybridized carbons (Fsp3) is 0.391. The van der Waals surface area contributed by atoms with Gasteiger partial charge in [-0.3, -0.25) is 9.59 Å². The summed E-state index contributed by atoms with van der Waals surface area (Å²) in [5.74, 6) is -1.07. The van der Waals surface area contributed by atoms with E-state index in [1.54, 1.807) is 19.2 Å². The number of hydrogen-bond acceptors (Lipinski definition) is 3. The summed E-state index contributed by atoms with van der Waals surface area (Å²) in [4.78, 5) is 27.0. The summed E-state index contributed by atoms with van der Waals surface area (Å²) in [7, 11) is 1.58. The second-order valence-corrected chi connectivity index (χ2v) is 7.89. The molecule has 166 valence electrons. The highest BCUT2D eigenvalue weighted by atomic mass is 19.4. The summed E-state index contributed by atoms with van der Waals surface area (Å²) < 4.78 is 45.7. The highest BCUT2D eigenvalue weighted by Gasteiger charge is 2.33. The van der Waals surface area contributed by atoms with Gasteiger partial charge in [-0.15, -0.1) is 0 Å². The Bertz CT molecular complexity index is 962. The number of carbonyl (C=O) groups excluding carboxylic acids is 2. The normalized spacial score (nSPS) is 14.9. The van der Waals surface area contributed by atoms with Crippen LogP contribution < -0.4 is 5.32 Å². The Kier molecular flexibility index (Phi) is 6.69. The van der Waals surface area contributed by atoms with E-state index in [-0.39, 0.29) is 17.3 Å². The van der Waals surface area contributed by atoms with Crippen molar-refractivity contribution >= 4 is 17.5 Å². The number of alkyl halides is 3. The molecule has 2 aromatic carbocycles. The predicted molar refractivity (Wildman–Crippen MR) is 111 cm³/mol. The molecule has 0 spiro atoms. The van der Waals surface area contributed by atoms with Gasteiger partial charge in [-0.25, -0.2) is 0 Å². The van der Waals surface area contributed by atoms with Crippen LogP contribution in [0.3, 0.4) is 0 Å². The largest absolute Gasteiger partial charge is 0.416 e. The maximum Gasteiger partial charge on any atom is 0.416 e. The summed E-state index contributed by atoms with van der Waals surface area (Å²) in [5, 5.41) is 2.51. The number of aryl methyl sites for hydroxylation is 2. The number of benzene rings is 2. The summed E-state index contributed by atoms with van der Waals surface area (Å²) >= 11 is 0. The van der Waals surface area contributed by atoms with Crippen molar-refractivity contribution < 1.29 is 27.5 Å². The van der Waals surface area contributed by atoms with Gasteiger partial charge in [-0.2, -0.15) is 13.2 Å². The van der Waals surface area contributed by atoms with Crippen LogP contribution in [0.5, 0.6) is 0 Å². The van der Waals surface area contributed by atoms with Gasteiger partial charge < -0.3 is 15.0 Å². The van der Waals surface area contributed by atoms with Gasteiger partial charge in [0.2, 0.25) is 0 Å². The molecule has 0 aromatic heterocycles. The molecule has 1 aliphatic heterocycles. The Morgan fingerprint density at radius 2 is 1.58 bits per heavy atom. The van der Waals surface area contributed by atoms with Crippen LogP contribution >= 0.6 is 0 Å². The second-order valence-electron chi connectivity index (χ2n) is 7.89. The molecule has 0 atom stereocenters. The Hall–Kier alpha value is -2.87.